The lowest BCUT2D eigenvalue weighted by Gasteiger charge is -2.22. The molecule has 0 spiro atoms. The molecule has 0 radical (unpaired) electrons. The molecular formula is C22H25ClN2O2. The smallest absolute Gasteiger partial charge is 0.250 e. The Hall–Kier alpha value is -2.30. The second-order valence-electron chi connectivity index (χ2n) is 6.79. The number of carbonyl (C=O) groups excluding carboxylic acids is 1. The van der Waals surface area contributed by atoms with Crippen LogP contribution in [0.15, 0.2) is 61.2 Å². The summed E-state index contributed by atoms with van der Waals surface area (Å²) < 4.78 is 6.08. The van der Waals surface area contributed by atoms with E-state index in [1.165, 1.54) is 6.08 Å². The van der Waals surface area contributed by atoms with Crippen LogP contribution in [0.2, 0.25) is 5.02 Å². The number of ether oxygens (including phenoxy) is 1. The monoisotopic (exact) mass is 384 g/mol. The number of benzene rings is 2. The lowest BCUT2D eigenvalue weighted by molar-refractivity contribution is -0.114. The topological polar surface area (TPSA) is 41.6 Å². The van der Waals surface area contributed by atoms with Crippen LogP contribution in [0.25, 0.3) is 0 Å². The van der Waals surface area contributed by atoms with Gasteiger partial charge in [-0.1, -0.05) is 30.3 Å². The molecule has 27 heavy (non-hydrogen) atoms. The lowest BCUT2D eigenvalue weighted by Crippen LogP contribution is -2.28. The minimum Gasteiger partial charge on any atom is -0.490 e. The molecule has 0 heterocycles. The Labute approximate surface area is 165 Å². The molecule has 2 atom stereocenters. The molecule has 1 fully saturated rings. The number of amides is 1. The summed E-state index contributed by atoms with van der Waals surface area (Å²) in [5, 5.41) is 3.98. The van der Waals surface area contributed by atoms with E-state index in [2.05, 4.69) is 11.9 Å². The maximum Gasteiger partial charge on any atom is 0.250 e. The van der Waals surface area contributed by atoms with Crippen LogP contribution >= 0.6 is 11.6 Å². The second-order valence-corrected chi connectivity index (χ2v) is 7.22. The van der Waals surface area contributed by atoms with Gasteiger partial charge in [0.1, 0.15) is 11.9 Å². The molecule has 2 aromatic rings. The Balaban J connectivity index is 1.70. The molecule has 5 heteroatoms. The van der Waals surface area contributed by atoms with Gasteiger partial charge in [0.15, 0.2) is 0 Å². The summed E-state index contributed by atoms with van der Waals surface area (Å²) in [6.45, 7) is 4.07. The summed E-state index contributed by atoms with van der Waals surface area (Å²) in [5.74, 6) is 0.685. The van der Waals surface area contributed by atoms with Gasteiger partial charge in [-0.15, -0.1) is 0 Å². The van der Waals surface area contributed by atoms with Gasteiger partial charge in [0.25, 0.3) is 5.91 Å². The summed E-state index contributed by atoms with van der Waals surface area (Å²) in [6, 6.07) is 15.7. The molecule has 3 rings (SSSR count). The number of nitrogens with one attached hydrogen (secondary N) is 1. The van der Waals surface area contributed by atoms with Gasteiger partial charge < -0.3 is 15.0 Å². The van der Waals surface area contributed by atoms with Crippen LogP contribution in [0.5, 0.6) is 5.75 Å². The fraction of sp³-hybridized carbons (Fsp3) is 0.318. The van der Waals surface area contributed by atoms with Gasteiger partial charge >= 0.3 is 0 Å². The summed E-state index contributed by atoms with van der Waals surface area (Å²) >= 11 is 5.95. The Bertz CT molecular complexity index is 774. The molecule has 0 aromatic heterocycles. The minimum atomic E-state index is -0.147. The molecule has 1 saturated carbocycles. The average molecular weight is 385 g/mol. The number of halogens is 1. The van der Waals surface area contributed by atoms with E-state index in [0.717, 1.165) is 36.3 Å². The van der Waals surface area contributed by atoms with Crippen molar-refractivity contribution in [3.05, 3.63) is 71.8 Å². The Morgan fingerprint density at radius 2 is 1.93 bits per heavy atom. The Morgan fingerprint density at radius 3 is 2.52 bits per heavy atom. The molecule has 2 aromatic carbocycles. The van der Waals surface area contributed by atoms with Gasteiger partial charge in [-0.05, 0) is 74.3 Å². The van der Waals surface area contributed by atoms with E-state index in [4.69, 9.17) is 16.3 Å². The minimum absolute atomic E-state index is 0.147. The van der Waals surface area contributed by atoms with Crippen LogP contribution in [-0.2, 0) is 11.3 Å². The van der Waals surface area contributed by atoms with Crippen LogP contribution < -0.4 is 15.0 Å². The number of anilines is 1. The van der Waals surface area contributed by atoms with Gasteiger partial charge in [0.2, 0.25) is 0 Å². The van der Waals surface area contributed by atoms with Crippen molar-refractivity contribution in [3.8, 4) is 5.75 Å². The van der Waals surface area contributed by atoms with Gasteiger partial charge in [0, 0.05) is 16.8 Å². The summed E-state index contributed by atoms with van der Waals surface area (Å²) in [4.78, 5) is 14.0. The second kappa shape index (κ2) is 9.07. The molecule has 1 N–H and O–H groups in total. The zero-order valence-electron chi connectivity index (χ0n) is 15.5. The van der Waals surface area contributed by atoms with Crippen molar-refractivity contribution in [2.24, 2.45) is 0 Å². The van der Waals surface area contributed by atoms with Crippen molar-refractivity contribution < 1.29 is 9.53 Å². The van der Waals surface area contributed by atoms with Gasteiger partial charge in [-0.2, -0.15) is 0 Å². The number of nitrogens with zero attached hydrogens (tertiary/aromatic N) is 1. The SMILES string of the molecule is C=CC(=O)N(Cc1ccc(Cl)cc1)c1ccc(O[C@@H]2CC[C@@H](NC)C2)cc1. The molecule has 0 unspecified atom stereocenters. The standard InChI is InChI=1S/C22H25ClN2O2/c1-3-22(26)25(15-16-4-6-17(23)7-5-16)19-9-12-20(13-10-19)27-21-11-8-18(14-21)24-2/h3-7,9-10,12-13,18,21,24H,1,8,11,14-15H2,2H3/t18-,21-/m1/s1. The number of carbonyl (C=O) groups is 1. The Kier molecular flexibility index (Phi) is 6.54. The highest BCUT2D eigenvalue weighted by Crippen LogP contribution is 2.27. The highest BCUT2D eigenvalue weighted by molar-refractivity contribution is 6.30. The van der Waals surface area contributed by atoms with Crippen LogP contribution in [0, 0.1) is 0 Å². The highest BCUT2D eigenvalue weighted by atomic mass is 35.5. The first-order valence-corrected chi connectivity index (χ1v) is 9.59. The van der Waals surface area contributed by atoms with Crippen molar-refractivity contribution >= 4 is 23.2 Å². The zero-order valence-corrected chi connectivity index (χ0v) is 16.3. The zero-order chi connectivity index (χ0) is 19.2. The predicted octanol–water partition coefficient (Wildman–Crippen LogP) is 4.58. The van der Waals surface area contributed by atoms with Crippen molar-refractivity contribution in [2.45, 2.75) is 38.0 Å². The highest BCUT2D eigenvalue weighted by Gasteiger charge is 2.24. The first kappa shape index (κ1) is 19.5. The van der Waals surface area contributed by atoms with Crippen molar-refractivity contribution in [1.82, 2.24) is 5.32 Å². The molecule has 142 valence electrons. The van der Waals surface area contributed by atoms with Crippen LogP contribution in [0.4, 0.5) is 5.69 Å². The summed E-state index contributed by atoms with van der Waals surface area (Å²) in [7, 11) is 1.99. The first-order valence-electron chi connectivity index (χ1n) is 9.21. The number of hydrogen-bond acceptors (Lipinski definition) is 3. The largest absolute Gasteiger partial charge is 0.490 e. The Morgan fingerprint density at radius 1 is 1.22 bits per heavy atom. The van der Waals surface area contributed by atoms with Gasteiger partial charge in [-0.25, -0.2) is 0 Å². The fourth-order valence-electron chi connectivity index (χ4n) is 3.39. The van der Waals surface area contributed by atoms with E-state index >= 15 is 0 Å². The quantitative estimate of drug-likeness (QED) is 0.710. The van der Waals surface area contributed by atoms with E-state index in [9.17, 15) is 4.79 Å². The maximum atomic E-state index is 12.4. The molecule has 1 aliphatic rings. The molecule has 1 aliphatic carbocycles. The van der Waals surface area contributed by atoms with Crippen molar-refractivity contribution in [2.75, 3.05) is 11.9 Å². The fourth-order valence-corrected chi connectivity index (χ4v) is 3.51. The lowest BCUT2D eigenvalue weighted by atomic mass is 10.2. The van der Waals surface area contributed by atoms with Crippen LogP contribution in [-0.4, -0.2) is 25.1 Å². The average Bonchev–Trinajstić information content (AvgIpc) is 3.15. The molecule has 4 nitrogen and oxygen atoms in total. The van der Waals surface area contributed by atoms with Gasteiger partial charge in [-0.3, -0.25) is 4.79 Å². The third kappa shape index (κ3) is 5.12. The molecular weight excluding hydrogens is 360 g/mol. The summed E-state index contributed by atoms with van der Waals surface area (Å²) in [5.41, 5.74) is 1.81. The molecule has 0 saturated heterocycles. The molecule has 0 aliphatic heterocycles. The van der Waals surface area contributed by atoms with Crippen molar-refractivity contribution in [3.63, 3.8) is 0 Å². The van der Waals surface area contributed by atoms with E-state index in [1.54, 1.807) is 4.90 Å². The van der Waals surface area contributed by atoms with E-state index in [-0.39, 0.29) is 12.0 Å². The first-order chi connectivity index (χ1) is 13.1. The van der Waals surface area contributed by atoms with Crippen molar-refractivity contribution in [1.29, 1.82) is 0 Å². The van der Waals surface area contributed by atoms with Crippen LogP contribution in [0.1, 0.15) is 24.8 Å². The predicted molar refractivity (Wildman–Crippen MR) is 110 cm³/mol. The van der Waals surface area contributed by atoms with E-state index < -0.39 is 0 Å². The normalized spacial score (nSPS) is 18.9. The molecule has 0 bridgehead atoms. The van der Waals surface area contributed by atoms with Gasteiger partial charge in [0.05, 0.1) is 6.54 Å². The maximum absolute atomic E-state index is 12.4. The summed E-state index contributed by atoms with van der Waals surface area (Å²) in [6.07, 6.45) is 4.80. The van der Waals surface area contributed by atoms with E-state index in [0.29, 0.717) is 17.6 Å². The number of rotatable bonds is 7. The third-order valence-corrected chi connectivity index (χ3v) is 5.19. The molecule has 1 amide bonds. The number of hydrogen-bond donors (Lipinski definition) is 1. The third-order valence-electron chi connectivity index (χ3n) is 4.94. The van der Waals surface area contributed by atoms with Crippen LogP contribution in [0.3, 0.4) is 0 Å². The van der Waals surface area contributed by atoms with E-state index in [1.807, 2.05) is 55.6 Å².